The highest BCUT2D eigenvalue weighted by atomic mass is 79.9. The van der Waals surface area contributed by atoms with Crippen LogP contribution in [0, 0.1) is 13.8 Å². The molecule has 0 saturated heterocycles. The van der Waals surface area contributed by atoms with E-state index in [2.05, 4.69) is 21.0 Å². The van der Waals surface area contributed by atoms with Crippen molar-refractivity contribution < 1.29 is 12.9 Å². The van der Waals surface area contributed by atoms with Gasteiger partial charge in [0, 0.05) is 12.1 Å². The summed E-state index contributed by atoms with van der Waals surface area (Å²) in [5, 5.41) is 3.76. The average molecular weight is 256 g/mol. The smallest absolute Gasteiger partial charge is 0.448 e. The Balaban J connectivity index is 2.97. The van der Waals surface area contributed by atoms with Gasteiger partial charge in [0.2, 0.25) is 0 Å². The lowest BCUT2D eigenvalue weighted by molar-refractivity contribution is 0.433. The summed E-state index contributed by atoms with van der Waals surface area (Å²) < 4.78 is 37.8. The minimum atomic E-state index is -4.82. The SMILES string of the molecule is Cc1nn(C[B-](F)(F)F)c(C)c1Br. The minimum Gasteiger partial charge on any atom is -0.448 e. The van der Waals surface area contributed by atoms with Gasteiger partial charge in [-0.3, -0.25) is 4.68 Å². The molecular weight excluding hydrogens is 248 g/mol. The van der Waals surface area contributed by atoms with E-state index in [1.165, 1.54) is 0 Å². The zero-order chi connectivity index (χ0) is 10.2. The lowest BCUT2D eigenvalue weighted by Crippen LogP contribution is -2.25. The van der Waals surface area contributed by atoms with Crippen molar-refractivity contribution in [2.45, 2.75) is 20.3 Å². The maximum absolute atomic E-state index is 12.0. The molecule has 1 aromatic rings. The fourth-order valence-corrected chi connectivity index (χ4v) is 1.33. The zero-order valence-electron chi connectivity index (χ0n) is 7.19. The van der Waals surface area contributed by atoms with Gasteiger partial charge >= 0.3 is 6.98 Å². The fourth-order valence-electron chi connectivity index (χ4n) is 1.05. The lowest BCUT2D eigenvalue weighted by Gasteiger charge is -2.14. The Morgan fingerprint density at radius 1 is 1.38 bits per heavy atom. The lowest BCUT2D eigenvalue weighted by atomic mass is 9.92. The molecule has 0 aromatic carbocycles. The highest BCUT2D eigenvalue weighted by Gasteiger charge is 2.25. The Bertz CT molecular complexity index is 320. The third-order valence-corrected chi connectivity index (χ3v) is 2.82. The van der Waals surface area contributed by atoms with Crippen LogP contribution >= 0.6 is 15.9 Å². The van der Waals surface area contributed by atoms with E-state index in [-0.39, 0.29) is 0 Å². The topological polar surface area (TPSA) is 17.8 Å². The molecule has 2 nitrogen and oxygen atoms in total. The van der Waals surface area contributed by atoms with Gasteiger partial charge in [0.15, 0.2) is 0 Å². The average Bonchev–Trinajstić information content (AvgIpc) is 2.15. The first-order valence-electron chi connectivity index (χ1n) is 3.72. The molecule has 0 fully saturated rings. The number of aromatic nitrogens is 2. The predicted octanol–water partition coefficient (Wildman–Crippen LogP) is 2.65. The Morgan fingerprint density at radius 2 is 1.92 bits per heavy atom. The second-order valence-corrected chi connectivity index (χ2v) is 3.67. The van der Waals surface area contributed by atoms with Gasteiger partial charge < -0.3 is 12.9 Å². The second kappa shape index (κ2) is 3.36. The van der Waals surface area contributed by atoms with Gasteiger partial charge in [-0.15, -0.1) is 0 Å². The van der Waals surface area contributed by atoms with Gasteiger partial charge in [0.25, 0.3) is 0 Å². The molecule has 0 unspecified atom stereocenters. The summed E-state index contributed by atoms with van der Waals surface area (Å²) in [6, 6.07) is 0. The van der Waals surface area contributed by atoms with E-state index in [4.69, 9.17) is 0 Å². The number of hydrogen-bond donors (Lipinski definition) is 0. The highest BCUT2D eigenvalue weighted by molar-refractivity contribution is 9.10. The van der Waals surface area contributed by atoms with Crippen molar-refractivity contribution in [2.75, 3.05) is 0 Å². The molecule has 13 heavy (non-hydrogen) atoms. The first-order valence-corrected chi connectivity index (χ1v) is 4.51. The number of rotatable bonds is 2. The van der Waals surface area contributed by atoms with Crippen LogP contribution in [0.2, 0.25) is 0 Å². The van der Waals surface area contributed by atoms with Crippen LogP contribution in [0.15, 0.2) is 4.47 Å². The number of aryl methyl sites for hydroxylation is 1. The molecule has 74 valence electrons. The van der Waals surface area contributed by atoms with Crippen LogP contribution in [0.1, 0.15) is 11.4 Å². The molecule has 0 radical (unpaired) electrons. The van der Waals surface area contributed by atoms with E-state index in [0.717, 1.165) is 4.68 Å². The Hall–Kier alpha value is -0.455. The molecule has 0 amide bonds. The Labute approximate surface area is 82.3 Å². The normalized spacial score (nSPS) is 12.2. The van der Waals surface area contributed by atoms with Gasteiger partial charge in [-0.05, 0) is 29.8 Å². The largest absolute Gasteiger partial charge is 0.499 e. The minimum absolute atomic E-state index is 0.511. The monoisotopic (exact) mass is 255 g/mol. The van der Waals surface area contributed by atoms with Crippen molar-refractivity contribution in [3.8, 4) is 0 Å². The Kier molecular flexibility index (Phi) is 2.75. The maximum atomic E-state index is 12.0. The van der Waals surface area contributed by atoms with E-state index in [1.807, 2.05) is 0 Å². The summed E-state index contributed by atoms with van der Waals surface area (Å²) >= 11 is 3.16. The number of nitrogens with zero attached hydrogens (tertiary/aromatic N) is 2. The van der Waals surface area contributed by atoms with Crippen molar-refractivity contribution >= 4 is 22.9 Å². The molecule has 0 aliphatic heterocycles. The first kappa shape index (κ1) is 10.6. The van der Waals surface area contributed by atoms with Crippen LogP contribution in [0.25, 0.3) is 0 Å². The van der Waals surface area contributed by atoms with Gasteiger partial charge in [-0.25, -0.2) is 0 Å². The van der Waals surface area contributed by atoms with E-state index >= 15 is 0 Å². The molecular formula is C6H8BBrF3N2-. The molecule has 0 aliphatic carbocycles. The first-order chi connectivity index (χ1) is 5.81. The summed E-state index contributed by atoms with van der Waals surface area (Å²) in [5.74, 6) is 0. The van der Waals surface area contributed by atoms with E-state index < -0.39 is 13.4 Å². The van der Waals surface area contributed by atoms with Crippen LogP contribution in [-0.2, 0) is 6.44 Å². The van der Waals surface area contributed by atoms with Crippen LogP contribution < -0.4 is 0 Å². The molecule has 0 bridgehead atoms. The number of hydrogen-bond acceptors (Lipinski definition) is 1. The third-order valence-electron chi connectivity index (χ3n) is 1.67. The molecule has 0 saturated carbocycles. The summed E-state index contributed by atoms with van der Waals surface area (Å²) in [4.78, 5) is 0. The van der Waals surface area contributed by atoms with Crippen LogP contribution in [0.4, 0.5) is 12.9 Å². The van der Waals surface area contributed by atoms with E-state index in [9.17, 15) is 12.9 Å². The van der Waals surface area contributed by atoms with Gasteiger partial charge in [0.05, 0.1) is 10.2 Å². The standard InChI is InChI=1S/C6H8BBrF3N2/c1-4-6(8)5(2)13(12-4)3-7(9,10)11/h3H2,1-2H3/q-1. The van der Waals surface area contributed by atoms with E-state index in [1.54, 1.807) is 13.8 Å². The van der Waals surface area contributed by atoms with E-state index in [0.29, 0.717) is 15.9 Å². The second-order valence-electron chi connectivity index (χ2n) is 2.88. The van der Waals surface area contributed by atoms with Gasteiger partial charge in [-0.1, -0.05) is 0 Å². The van der Waals surface area contributed by atoms with Gasteiger partial charge in [-0.2, -0.15) is 5.10 Å². The summed E-state index contributed by atoms with van der Waals surface area (Å²) in [5.41, 5.74) is 1.09. The van der Waals surface area contributed by atoms with Crippen molar-refractivity contribution in [3.05, 3.63) is 15.9 Å². The highest BCUT2D eigenvalue weighted by Crippen LogP contribution is 2.21. The maximum Gasteiger partial charge on any atom is 0.499 e. The Morgan fingerprint density at radius 3 is 2.23 bits per heavy atom. The zero-order valence-corrected chi connectivity index (χ0v) is 8.78. The van der Waals surface area contributed by atoms with Crippen molar-refractivity contribution in [2.24, 2.45) is 0 Å². The summed E-state index contributed by atoms with van der Waals surface area (Å²) in [6.07, 6.45) is -0.974. The quantitative estimate of drug-likeness (QED) is 0.743. The molecule has 0 spiro atoms. The fraction of sp³-hybridized carbons (Fsp3) is 0.500. The van der Waals surface area contributed by atoms with Crippen LogP contribution in [0.3, 0.4) is 0 Å². The molecule has 1 rings (SSSR count). The van der Waals surface area contributed by atoms with Crippen molar-refractivity contribution in [1.82, 2.24) is 9.78 Å². The van der Waals surface area contributed by atoms with Crippen molar-refractivity contribution in [3.63, 3.8) is 0 Å². The third kappa shape index (κ3) is 2.49. The molecule has 1 heterocycles. The predicted molar refractivity (Wildman–Crippen MR) is 48.5 cm³/mol. The van der Waals surface area contributed by atoms with Gasteiger partial charge in [0.1, 0.15) is 0 Å². The molecule has 0 N–H and O–H groups in total. The summed E-state index contributed by atoms with van der Waals surface area (Å²) in [7, 11) is 0. The molecule has 0 atom stereocenters. The molecule has 7 heteroatoms. The van der Waals surface area contributed by atoms with Crippen molar-refractivity contribution in [1.29, 1.82) is 0 Å². The molecule has 0 aliphatic rings. The molecule has 1 aromatic heterocycles. The van der Waals surface area contributed by atoms with Crippen LogP contribution in [0.5, 0.6) is 0 Å². The number of halogens is 4. The summed E-state index contributed by atoms with van der Waals surface area (Å²) in [6.45, 7) is -1.56. The van der Waals surface area contributed by atoms with Crippen LogP contribution in [-0.4, -0.2) is 16.8 Å².